The molecule has 1 rings (SSSR count). The lowest BCUT2D eigenvalue weighted by Gasteiger charge is -2.14. The third-order valence-corrected chi connectivity index (χ3v) is 1.41. The minimum atomic E-state index is -0.0137. The Balaban J connectivity index is 2.91. The van der Waals surface area contributed by atoms with Crippen molar-refractivity contribution in [3.8, 4) is 6.01 Å². The van der Waals surface area contributed by atoms with Gasteiger partial charge in [-0.3, -0.25) is 10.9 Å². The van der Waals surface area contributed by atoms with Gasteiger partial charge in [-0.25, -0.2) is 10.9 Å². The van der Waals surface area contributed by atoms with Gasteiger partial charge in [0.05, 0.1) is 6.10 Å². The minimum Gasteiger partial charge on any atom is -0.461 e. The normalized spacial score (nSPS) is 10.7. The molecule has 0 spiro atoms. The molecular formula is C8H17N7O. The highest BCUT2D eigenvalue weighted by Gasteiger charge is 2.08. The summed E-state index contributed by atoms with van der Waals surface area (Å²) in [5, 5.41) is 1.70. The lowest BCUT2D eigenvalue weighted by molar-refractivity contribution is 0.222. The molecule has 0 aliphatic rings. The second-order valence-corrected chi connectivity index (χ2v) is 3.58. The highest BCUT2D eigenvalue weighted by molar-refractivity contribution is 5.34. The fraction of sp³-hybridized carbons (Fsp3) is 0.625. The van der Waals surface area contributed by atoms with Crippen molar-refractivity contribution in [2.75, 3.05) is 24.9 Å². The summed E-state index contributed by atoms with van der Waals surface area (Å²) in [4.78, 5) is 12.0. The Hall–Kier alpha value is -1.67. The minimum absolute atomic E-state index is 0.0137. The third-order valence-electron chi connectivity index (χ3n) is 1.41. The Kier molecular flexibility index (Phi) is 4.20. The van der Waals surface area contributed by atoms with Crippen LogP contribution in [0, 0.1) is 0 Å². The molecule has 1 aromatic rings. The maximum Gasteiger partial charge on any atom is 0.323 e. The van der Waals surface area contributed by atoms with Gasteiger partial charge in [-0.1, -0.05) is 0 Å². The maximum absolute atomic E-state index is 5.36. The van der Waals surface area contributed by atoms with Crippen molar-refractivity contribution in [1.29, 1.82) is 0 Å². The predicted molar refractivity (Wildman–Crippen MR) is 60.7 cm³/mol. The van der Waals surface area contributed by atoms with E-state index in [1.807, 2.05) is 27.9 Å². The fourth-order valence-electron chi connectivity index (χ4n) is 0.935. The monoisotopic (exact) mass is 227 g/mol. The van der Waals surface area contributed by atoms with Gasteiger partial charge < -0.3 is 4.74 Å². The van der Waals surface area contributed by atoms with E-state index in [0.717, 1.165) is 0 Å². The molecule has 90 valence electrons. The molecule has 0 aliphatic heterocycles. The molecule has 0 unspecified atom stereocenters. The van der Waals surface area contributed by atoms with Crippen molar-refractivity contribution in [2.45, 2.75) is 20.0 Å². The molecule has 4 N–H and O–H groups in total. The molecule has 0 saturated heterocycles. The van der Waals surface area contributed by atoms with Crippen LogP contribution in [-0.2, 0) is 0 Å². The van der Waals surface area contributed by atoms with Crippen LogP contribution in [0.2, 0.25) is 0 Å². The molecule has 1 aromatic heterocycles. The van der Waals surface area contributed by atoms with E-state index in [2.05, 4.69) is 25.8 Å². The average molecular weight is 227 g/mol. The van der Waals surface area contributed by atoms with Crippen molar-refractivity contribution in [2.24, 2.45) is 5.84 Å². The van der Waals surface area contributed by atoms with Crippen LogP contribution in [0.5, 0.6) is 6.01 Å². The quantitative estimate of drug-likeness (QED) is 0.471. The molecule has 0 radical (unpaired) electrons. The summed E-state index contributed by atoms with van der Waals surface area (Å²) in [6.07, 6.45) is -0.0137. The number of aromatic nitrogens is 3. The molecule has 1 heterocycles. The first-order chi connectivity index (χ1) is 7.51. The van der Waals surface area contributed by atoms with E-state index in [1.165, 1.54) is 0 Å². The number of hydrogen-bond donors (Lipinski definition) is 3. The summed E-state index contributed by atoms with van der Waals surface area (Å²) < 4.78 is 5.36. The summed E-state index contributed by atoms with van der Waals surface area (Å²) in [5.41, 5.74) is 5.24. The Labute approximate surface area is 94.2 Å². The Morgan fingerprint density at radius 2 is 1.81 bits per heavy atom. The molecule has 0 atom stereocenters. The van der Waals surface area contributed by atoms with Gasteiger partial charge in [0, 0.05) is 14.1 Å². The molecule has 0 amide bonds. The van der Waals surface area contributed by atoms with Crippen LogP contribution in [-0.4, -0.2) is 40.2 Å². The Morgan fingerprint density at radius 1 is 1.19 bits per heavy atom. The number of rotatable bonds is 5. The molecule has 16 heavy (non-hydrogen) atoms. The molecule has 0 bridgehead atoms. The Morgan fingerprint density at radius 3 is 2.31 bits per heavy atom. The zero-order valence-electron chi connectivity index (χ0n) is 9.85. The van der Waals surface area contributed by atoms with Gasteiger partial charge >= 0.3 is 6.01 Å². The summed E-state index contributed by atoms with van der Waals surface area (Å²) >= 11 is 0. The van der Waals surface area contributed by atoms with E-state index in [9.17, 15) is 0 Å². The first kappa shape index (κ1) is 12.4. The van der Waals surface area contributed by atoms with Crippen molar-refractivity contribution in [3.05, 3.63) is 0 Å². The first-order valence-electron chi connectivity index (χ1n) is 4.84. The molecule has 8 nitrogen and oxygen atoms in total. The van der Waals surface area contributed by atoms with Crippen molar-refractivity contribution in [3.63, 3.8) is 0 Å². The topological polar surface area (TPSA) is 101 Å². The predicted octanol–water partition coefficient (Wildman–Crippen LogP) is -0.167. The third kappa shape index (κ3) is 3.83. The van der Waals surface area contributed by atoms with E-state index >= 15 is 0 Å². The van der Waals surface area contributed by atoms with Crippen LogP contribution in [0.1, 0.15) is 13.8 Å². The van der Waals surface area contributed by atoms with Crippen LogP contribution in [0.3, 0.4) is 0 Å². The van der Waals surface area contributed by atoms with Gasteiger partial charge in [-0.05, 0) is 13.8 Å². The standard InChI is InChI=1S/C8H17N7O/c1-5(2)16-8-11-6(13-9)10-7(12-8)14-15(3)4/h5H,9H2,1-4H3,(H2,10,11,12,13,14). The molecule has 0 fully saturated rings. The van der Waals surface area contributed by atoms with Crippen LogP contribution in [0.15, 0.2) is 0 Å². The van der Waals surface area contributed by atoms with E-state index < -0.39 is 0 Å². The largest absolute Gasteiger partial charge is 0.461 e. The first-order valence-corrected chi connectivity index (χ1v) is 4.84. The zero-order chi connectivity index (χ0) is 12.1. The summed E-state index contributed by atoms with van der Waals surface area (Å²) in [6.45, 7) is 3.77. The molecule has 0 aromatic carbocycles. The van der Waals surface area contributed by atoms with Gasteiger partial charge in [0.15, 0.2) is 0 Å². The number of ether oxygens (including phenoxy) is 1. The van der Waals surface area contributed by atoms with E-state index in [-0.39, 0.29) is 18.1 Å². The lowest BCUT2D eigenvalue weighted by atomic mass is 10.5. The van der Waals surface area contributed by atoms with Gasteiger partial charge in [-0.2, -0.15) is 15.0 Å². The van der Waals surface area contributed by atoms with Gasteiger partial charge in [-0.15, -0.1) is 0 Å². The smallest absolute Gasteiger partial charge is 0.323 e. The summed E-state index contributed by atoms with van der Waals surface area (Å²) in [5.74, 6) is 5.86. The highest BCUT2D eigenvalue weighted by atomic mass is 16.5. The number of anilines is 2. The van der Waals surface area contributed by atoms with E-state index in [0.29, 0.717) is 5.95 Å². The SMILES string of the molecule is CC(C)Oc1nc(NN)nc(NN(C)C)n1. The van der Waals surface area contributed by atoms with Crippen molar-refractivity contribution in [1.82, 2.24) is 20.0 Å². The van der Waals surface area contributed by atoms with Gasteiger partial charge in [0.1, 0.15) is 0 Å². The van der Waals surface area contributed by atoms with E-state index in [4.69, 9.17) is 10.6 Å². The van der Waals surface area contributed by atoms with Crippen LogP contribution in [0.4, 0.5) is 11.9 Å². The van der Waals surface area contributed by atoms with Crippen molar-refractivity contribution >= 4 is 11.9 Å². The highest BCUT2D eigenvalue weighted by Crippen LogP contribution is 2.11. The van der Waals surface area contributed by atoms with Crippen molar-refractivity contribution < 1.29 is 4.74 Å². The van der Waals surface area contributed by atoms with Crippen LogP contribution >= 0.6 is 0 Å². The zero-order valence-corrected chi connectivity index (χ0v) is 9.85. The number of nitrogens with two attached hydrogens (primary N) is 1. The second-order valence-electron chi connectivity index (χ2n) is 3.58. The number of nitrogen functional groups attached to an aromatic ring is 1. The fourth-order valence-corrected chi connectivity index (χ4v) is 0.935. The number of nitrogens with one attached hydrogen (secondary N) is 2. The molecule has 8 heteroatoms. The summed E-state index contributed by atoms with van der Waals surface area (Å²) in [6, 6.07) is 0.224. The van der Waals surface area contributed by atoms with Gasteiger partial charge in [0.25, 0.3) is 0 Å². The summed E-state index contributed by atoms with van der Waals surface area (Å²) in [7, 11) is 3.64. The Bertz CT molecular complexity index is 313. The van der Waals surface area contributed by atoms with Crippen LogP contribution in [0.25, 0.3) is 0 Å². The van der Waals surface area contributed by atoms with E-state index in [1.54, 1.807) is 5.01 Å². The molecule has 0 aliphatic carbocycles. The lowest BCUT2D eigenvalue weighted by Crippen LogP contribution is -2.23. The number of hydrazine groups is 2. The molecular weight excluding hydrogens is 210 g/mol. The molecule has 0 saturated carbocycles. The van der Waals surface area contributed by atoms with Gasteiger partial charge in [0.2, 0.25) is 11.9 Å². The number of hydrogen-bond acceptors (Lipinski definition) is 8. The maximum atomic E-state index is 5.36. The van der Waals surface area contributed by atoms with Crippen LogP contribution < -0.4 is 21.4 Å². The second kappa shape index (κ2) is 5.42. The average Bonchev–Trinajstić information content (AvgIpc) is 2.14. The number of nitrogens with zero attached hydrogens (tertiary/aromatic N) is 4.